The lowest BCUT2D eigenvalue weighted by atomic mass is 10.1. The van der Waals surface area contributed by atoms with E-state index < -0.39 is 0 Å². The highest BCUT2D eigenvalue weighted by molar-refractivity contribution is 7.11. The minimum Gasteiger partial charge on any atom is -0.489 e. The number of rotatable bonds is 5. The van der Waals surface area contributed by atoms with Gasteiger partial charge in [0.2, 0.25) is 0 Å². The predicted octanol–water partition coefficient (Wildman–Crippen LogP) is 5.23. The second-order valence-corrected chi connectivity index (χ2v) is 6.44. The van der Waals surface area contributed by atoms with E-state index in [1.807, 2.05) is 35.6 Å². The van der Waals surface area contributed by atoms with E-state index >= 15 is 0 Å². The Kier molecular flexibility index (Phi) is 4.37. The van der Waals surface area contributed by atoms with Gasteiger partial charge in [-0.15, -0.1) is 11.3 Å². The minimum atomic E-state index is 0.612. The molecule has 0 bridgehead atoms. The van der Waals surface area contributed by atoms with Crippen molar-refractivity contribution >= 4 is 11.3 Å². The maximum absolute atomic E-state index is 6.01. The molecule has 1 nitrogen and oxygen atoms in total. The molecule has 0 unspecified atom stereocenters. The lowest BCUT2D eigenvalue weighted by Crippen LogP contribution is -1.98. The SMILES string of the molecule is Cc1ccc(Cc2ccccc2OCc2ccccc2)s1. The molecule has 0 saturated carbocycles. The van der Waals surface area contributed by atoms with Crippen LogP contribution in [0.4, 0.5) is 0 Å². The van der Waals surface area contributed by atoms with E-state index in [1.165, 1.54) is 20.9 Å². The van der Waals surface area contributed by atoms with Crippen molar-refractivity contribution in [3.05, 3.63) is 87.6 Å². The van der Waals surface area contributed by atoms with Gasteiger partial charge in [-0.2, -0.15) is 0 Å². The van der Waals surface area contributed by atoms with Crippen LogP contribution in [0.25, 0.3) is 0 Å². The van der Waals surface area contributed by atoms with Crippen molar-refractivity contribution in [3.8, 4) is 5.75 Å². The number of para-hydroxylation sites is 1. The fourth-order valence-corrected chi connectivity index (χ4v) is 3.21. The van der Waals surface area contributed by atoms with Gasteiger partial charge in [0.15, 0.2) is 0 Å². The topological polar surface area (TPSA) is 9.23 Å². The zero-order chi connectivity index (χ0) is 14.5. The van der Waals surface area contributed by atoms with Crippen LogP contribution >= 0.6 is 11.3 Å². The Morgan fingerprint density at radius 3 is 2.38 bits per heavy atom. The summed E-state index contributed by atoms with van der Waals surface area (Å²) in [6.07, 6.45) is 0.934. The predicted molar refractivity (Wildman–Crippen MR) is 89.1 cm³/mol. The van der Waals surface area contributed by atoms with Crippen molar-refractivity contribution in [1.82, 2.24) is 0 Å². The number of ether oxygens (including phenoxy) is 1. The molecule has 1 aromatic heterocycles. The monoisotopic (exact) mass is 294 g/mol. The second-order valence-electron chi connectivity index (χ2n) is 5.07. The quantitative estimate of drug-likeness (QED) is 0.626. The first-order valence-corrected chi connectivity index (χ1v) is 7.93. The highest BCUT2D eigenvalue weighted by Gasteiger charge is 2.06. The van der Waals surface area contributed by atoms with Gasteiger partial charge in [0.05, 0.1) is 0 Å². The molecule has 2 heteroatoms. The molecule has 0 N–H and O–H groups in total. The van der Waals surface area contributed by atoms with Gasteiger partial charge in [0.1, 0.15) is 12.4 Å². The van der Waals surface area contributed by atoms with Crippen LogP contribution in [0.3, 0.4) is 0 Å². The summed E-state index contributed by atoms with van der Waals surface area (Å²) in [5.41, 5.74) is 2.44. The van der Waals surface area contributed by atoms with E-state index in [4.69, 9.17) is 4.74 Å². The van der Waals surface area contributed by atoms with Crippen LogP contribution in [0, 0.1) is 6.92 Å². The molecule has 0 atom stereocenters. The Morgan fingerprint density at radius 1 is 0.857 bits per heavy atom. The van der Waals surface area contributed by atoms with E-state index in [1.54, 1.807) is 0 Å². The van der Waals surface area contributed by atoms with E-state index in [9.17, 15) is 0 Å². The number of benzene rings is 2. The Morgan fingerprint density at radius 2 is 1.62 bits per heavy atom. The van der Waals surface area contributed by atoms with Gasteiger partial charge >= 0.3 is 0 Å². The summed E-state index contributed by atoms with van der Waals surface area (Å²) in [4.78, 5) is 2.73. The van der Waals surface area contributed by atoms with Crippen LogP contribution in [0.5, 0.6) is 5.75 Å². The third kappa shape index (κ3) is 3.73. The summed E-state index contributed by atoms with van der Waals surface area (Å²) in [6.45, 7) is 2.76. The molecule has 0 spiro atoms. The summed E-state index contributed by atoms with van der Waals surface area (Å²) >= 11 is 1.85. The first kappa shape index (κ1) is 13.9. The minimum absolute atomic E-state index is 0.612. The zero-order valence-electron chi connectivity index (χ0n) is 12.1. The standard InChI is InChI=1S/C19H18OS/c1-15-11-12-18(21-15)13-17-9-5-6-10-19(17)20-14-16-7-3-2-4-8-16/h2-12H,13-14H2,1H3. The van der Waals surface area contributed by atoms with E-state index in [2.05, 4.69) is 49.4 Å². The normalized spacial score (nSPS) is 10.5. The van der Waals surface area contributed by atoms with Crippen molar-refractivity contribution in [1.29, 1.82) is 0 Å². The average molecular weight is 294 g/mol. The molecule has 0 amide bonds. The lowest BCUT2D eigenvalue weighted by Gasteiger charge is -2.11. The van der Waals surface area contributed by atoms with Crippen LogP contribution < -0.4 is 4.74 Å². The molecule has 0 fully saturated rings. The molecule has 21 heavy (non-hydrogen) atoms. The first-order valence-electron chi connectivity index (χ1n) is 7.11. The number of hydrogen-bond acceptors (Lipinski definition) is 2. The molecule has 3 rings (SSSR count). The summed E-state index contributed by atoms with van der Waals surface area (Å²) in [5, 5.41) is 0. The Labute approximate surface area is 129 Å². The number of hydrogen-bond donors (Lipinski definition) is 0. The lowest BCUT2D eigenvalue weighted by molar-refractivity contribution is 0.303. The molecule has 0 radical (unpaired) electrons. The molecule has 2 aromatic carbocycles. The van der Waals surface area contributed by atoms with Gasteiger partial charge in [-0.1, -0.05) is 48.5 Å². The number of aryl methyl sites for hydroxylation is 1. The molecular weight excluding hydrogens is 276 g/mol. The van der Waals surface area contributed by atoms with Crippen molar-refractivity contribution in [2.24, 2.45) is 0 Å². The van der Waals surface area contributed by atoms with E-state index in [0.717, 1.165) is 12.2 Å². The highest BCUT2D eigenvalue weighted by Crippen LogP contribution is 2.25. The smallest absolute Gasteiger partial charge is 0.123 e. The summed E-state index contributed by atoms with van der Waals surface area (Å²) in [6, 6.07) is 23.0. The molecule has 0 saturated heterocycles. The maximum atomic E-state index is 6.01. The van der Waals surface area contributed by atoms with Crippen LogP contribution in [-0.2, 0) is 13.0 Å². The van der Waals surface area contributed by atoms with Gasteiger partial charge in [0.25, 0.3) is 0 Å². The van der Waals surface area contributed by atoms with Crippen LogP contribution in [0.15, 0.2) is 66.7 Å². The third-order valence-electron chi connectivity index (χ3n) is 3.37. The average Bonchev–Trinajstić information content (AvgIpc) is 2.93. The molecule has 0 aliphatic rings. The van der Waals surface area contributed by atoms with Gasteiger partial charge in [-0.05, 0) is 36.2 Å². The Bertz CT molecular complexity index is 700. The largest absolute Gasteiger partial charge is 0.489 e. The number of thiophene rings is 1. The summed E-state index contributed by atoms with van der Waals surface area (Å²) in [5.74, 6) is 0.979. The summed E-state index contributed by atoms with van der Waals surface area (Å²) in [7, 11) is 0. The van der Waals surface area contributed by atoms with E-state index in [0.29, 0.717) is 6.61 Å². The Balaban J connectivity index is 1.73. The van der Waals surface area contributed by atoms with Crippen molar-refractivity contribution in [2.45, 2.75) is 20.0 Å². The molecule has 3 aromatic rings. The van der Waals surface area contributed by atoms with E-state index in [-0.39, 0.29) is 0 Å². The molecule has 106 valence electrons. The molecular formula is C19H18OS. The molecule has 0 aliphatic heterocycles. The maximum Gasteiger partial charge on any atom is 0.123 e. The van der Waals surface area contributed by atoms with Gasteiger partial charge < -0.3 is 4.74 Å². The fourth-order valence-electron chi connectivity index (χ4n) is 2.29. The Hall–Kier alpha value is -2.06. The second kappa shape index (κ2) is 6.59. The van der Waals surface area contributed by atoms with Crippen LogP contribution in [-0.4, -0.2) is 0 Å². The molecule has 0 aliphatic carbocycles. The molecule has 1 heterocycles. The van der Waals surface area contributed by atoms with Gasteiger partial charge in [-0.3, -0.25) is 0 Å². The highest BCUT2D eigenvalue weighted by atomic mass is 32.1. The fraction of sp³-hybridized carbons (Fsp3) is 0.158. The summed E-state index contributed by atoms with van der Waals surface area (Å²) < 4.78 is 6.01. The van der Waals surface area contributed by atoms with Crippen LogP contribution in [0.2, 0.25) is 0 Å². The van der Waals surface area contributed by atoms with Gasteiger partial charge in [-0.25, -0.2) is 0 Å². The zero-order valence-corrected chi connectivity index (χ0v) is 12.9. The van der Waals surface area contributed by atoms with Crippen LogP contribution in [0.1, 0.15) is 20.9 Å². The third-order valence-corrected chi connectivity index (χ3v) is 4.37. The van der Waals surface area contributed by atoms with Gasteiger partial charge in [0, 0.05) is 16.2 Å². The van der Waals surface area contributed by atoms with Crippen molar-refractivity contribution in [3.63, 3.8) is 0 Å². The first-order chi connectivity index (χ1) is 10.3. The van der Waals surface area contributed by atoms with Crippen molar-refractivity contribution in [2.75, 3.05) is 0 Å². The van der Waals surface area contributed by atoms with Crippen molar-refractivity contribution < 1.29 is 4.74 Å².